The van der Waals surface area contributed by atoms with Gasteiger partial charge in [0.05, 0.1) is 12.4 Å². The van der Waals surface area contributed by atoms with E-state index in [4.69, 9.17) is 13.6 Å². The molecule has 7 heteroatoms. The molecule has 2 aromatic rings. The number of nitrogens with zero attached hydrogens (tertiary/aromatic N) is 3. The molecule has 2 aromatic heterocycles. The molecule has 3 fully saturated rings. The van der Waals surface area contributed by atoms with Gasteiger partial charge in [-0.05, 0) is 44.6 Å². The van der Waals surface area contributed by atoms with Crippen LogP contribution in [-0.2, 0) is 4.74 Å². The minimum absolute atomic E-state index is 0.0224. The Bertz CT molecular complexity index is 794. The lowest BCUT2D eigenvalue weighted by molar-refractivity contribution is -0.0131. The normalized spacial score (nSPS) is 29.0. The first-order chi connectivity index (χ1) is 12.2. The monoisotopic (exact) mass is 343 g/mol. The van der Waals surface area contributed by atoms with Gasteiger partial charge in [-0.25, -0.2) is 0 Å². The number of ether oxygens (including phenoxy) is 1. The average molecular weight is 343 g/mol. The molecule has 2 saturated heterocycles. The van der Waals surface area contributed by atoms with E-state index in [1.54, 1.807) is 6.26 Å². The van der Waals surface area contributed by atoms with E-state index >= 15 is 0 Å². The Morgan fingerprint density at radius 3 is 2.84 bits per heavy atom. The zero-order chi connectivity index (χ0) is 17.0. The molecule has 0 spiro atoms. The van der Waals surface area contributed by atoms with E-state index in [1.807, 2.05) is 17.9 Å². The molecule has 0 unspecified atom stereocenters. The first-order valence-corrected chi connectivity index (χ1v) is 9.01. The molecule has 0 N–H and O–H groups in total. The van der Waals surface area contributed by atoms with Crippen LogP contribution in [0.3, 0.4) is 0 Å². The van der Waals surface area contributed by atoms with Gasteiger partial charge in [0.25, 0.3) is 5.91 Å². The fourth-order valence-electron chi connectivity index (χ4n) is 3.88. The van der Waals surface area contributed by atoms with Gasteiger partial charge in [-0.1, -0.05) is 0 Å². The van der Waals surface area contributed by atoms with E-state index < -0.39 is 0 Å². The Morgan fingerprint density at radius 2 is 2.08 bits per heavy atom. The van der Waals surface area contributed by atoms with Gasteiger partial charge in [0.15, 0.2) is 5.76 Å². The van der Waals surface area contributed by atoms with Crippen LogP contribution in [0.4, 0.5) is 0 Å². The molecule has 5 rings (SSSR count). The van der Waals surface area contributed by atoms with Crippen LogP contribution in [0, 0.1) is 12.8 Å². The van der Waals surface area contributed by atoms with E-state index in [0.29, 0.717) is 30.0 Å². The molecule has 3 atom stereocenters. The molecular weight excluding hydrogens is 322 g/mol. The van der Waals surface area contributed by atoms with Crippen LogP contribution in [0.25, 0.3) is 0 Å². The summed E-state index contributed by atoms with van der Waals surface area (Å²) in [5.41, 5.74) is 0.871. The van der Waals surface area contributed by atoms with Gasteiger partial charge >= 0.3 is 0 Å². The first-order valence-electron chi connectivity index (χ1n) is 9.01. The van der Waals surface area contributed by atoms with Crippen molar-refractivity contribution in [1.82, 2.24) is 15.1 Å². The highest BCUT2D eigenvalue weighted by Crippen LogP contribution is 2.43. The SMILES string of the molecule is Cc1ccoc1C(=O)N1CC[C@H]2C[C@@H](c3nnc(C4CC4)o3)O[C@@H]2C1. The first kappa shape index (κ1) is 15.1. The van der Waals surface area contributed by atoms with E-state index in [-0.39, 0.29) is 18.1 Å². The molecule has 1 saturated carbocycles. The van der Waals surface area contributed by atoms with Crippen LogP contribution >= 0.6 is 0 Å². The summed E-state index contributed by atoms with van der Waals surface area (Å²) in [5, 5.41) is 8.34. The highest BCUT2D eigenvalue weighted by molar-refractivity contribution is 5.92. The van der Waals surface area contributed by atoms with Crippen molar-refractivity contribution in [1.29, 1.82) is 0 Å². The van der Waals surface area contributed by atoms with Crippen LogP contribution in [0.1, 0.15) is 65.6 Å². The second kappa shape index (κ2) is 5.69. The van der Waals surface area contributed by atoms with Crippen LogP contribution in [0.2, 0.25) is 0 Å². The van der Waals surface area contributed by atoms with Crippen LogP contribution in [0.15, 0.2) is 21.2 Å². The number of piperidine rings is 1. The lowest BCUT2D eigenvalue weighted by Crippen LogP contribution is -2.45. The van der Waals surface area contributed by atoms with Crippen molar-refractivity contribution < 1.29 is 18.4 Å². The fourth-order valence-corrected chi connectivity index (χ4v) is 3.88. The summed E-state index contributed by atoms with van der Waals surface area (Å²) in [7, 11) is 0. The molecule has 0 bridgehead atoms. The van der Waals surface area contributed by atoms with E-state index in [1.165, 1.54) is 0 Å². The number of likely N-dealkylation sites (tertiary alicyclic amines) is 1. The molecule has 0 aromatic carbocycles. The maximum absolute atomic E-state index is 12.6. The second-order valence-corrected chi connectivity index (χ2v) is 7.38. The maximum atomic E-state index is 12.6. The third-order valence-electron chi connectivity index (χ3n) is 5.55. The van der Waals surface area contributed by atoms with Crippen molar-refractivity contribution in [2.75, 3.05) is 13.1 Å². The zero-order valence-electron chi connectivity index (χ0n) is 14.2. The standard InChI is InChI=1S/C18H21N3O4/c1-10-5-7-23-15(10)18(22)21-6-4-12-8-13(24-14(12)9-21)17-20-19-16(25-17)11-2-3-11/h5,7,11-14H,2-4,6,8-9H2,1H3/t12-,13-,14+/m0/s1. The second-order valence-electron chi connectivity index (χ2n) is 7.38. The summed E-state index contributed by atoms with van der Waals surface area (Å²) < 4.78 is 17.3. The summed E-state index contributed by atoms with van der Waals surface area (Å²) in [6, 6.07) is 1.81. The average Bonchev–Trinajstić information content (AvgIpc) is 3.03. The van der Waals surface area contributed by atoms with Crippen molar-refractivity contribution in [3.63, 3.8) is 0 Å². The van der Waals surface area contributed by atoms with Gasteiger partial charge in [-0.15, -0.1) is 10.2 Å². The quantitative estimate of drug-likeness (QED) is 0.852. The smallest absolute Gasteiger partial charge is 0.289 e. The molecule has 4 heterocycles. The predicted octanol–water partition coefficient (Wildman–Crippen LogP) is 2.84. The Balaban J connectivity index is 1.27. The van der Waals surface area contributed by atoms with Gasteiger partial charge in [0.1, 0.15) is 6.10 Å². The number of rotatable bonds is 3. The molecule has 132 valence electrons. The van der Waals surface area contributed by atoms with Gasteiger partial charge in [0.2, 0.25) is 11.8 Å². The van der Waals surface area contributed by atoms with E-state index in [9.17, 15) is 4.79 Å². The molecular formula is C18H21N3O4. The molecule has 3 aliphatic rings. The Labute approximate surface area is 145 Å². The summed E-state index contributed by atoms with van der Waals surface area (Å²) in [5.74, 6) is 2.60. The molecule has 2 aliphatic heterocycles. The van der Waals surface area contributed by atoms with Crippen LogP contribution in [-0.4, -0.2) is 40.2 Å². The third-order valence-corrected chi connectivity index (χ3v) is 5.55. The van der Waals surface area contributed by atoms with E-state index in [0.717, 1.165) is 43.7 Å². The van der Waals surface area contributed by atoms with Crippen molar-refractivity contribution in [3.05, 3.63) is 35.4 Å². The summed E-state index contributed by atoms with van der Waals surface area (Å²) in [6.07, 6.45) is 5.53. The highest BCUT2D eigenvalue weighted by Gasteiger charge is 2.43. The number of amides is 1. The van der Waals surface area contributed by atoms with E-state index in [2.05, 4.69) is 10.2 Å². The lowest BCUT2D eigenvalue weighted by Gasteiger charge is -2.33. The Kier molecular flexibility index (Phi) is 3.45. The number of carbonyl (C=O) groups is 1. The predicted molar refractivity (Wildman–Crippen MR) is 86.0 cm³/mol. The minimum atomic E-state index is -0.143. The fraction of sp³-hybridized carbons (Fsp3) is 0.611. The van der Waals surface area contributed by atoms with Gasteiger partial charge in [-0.3, -0.25) is 4.79 Å². The molecule has 1 aliphatic carbocycles. The number of fused-ring (bicyclic) bond motifs is 1. The molecule has 7 nitrogen and oxygen atoms in total. The van der Waals surface area contributed by atoms with Crippen molar-refractivity contribution >= 4 is 5.91 Å². The van der Waals surface area contributed by atoms with Crippen molar-refractivity contribution in [2.45, 2.75) is 50.7 Å². The minimum Gasteiger partial charge on any atom is -0.459 e. The van der Waals surface area contributed by atoms with Gasteiger partial charge in [0, 0.05) is 24.6 Å². The van der Waals surface area contributed by atoms with Crippen LogP contribution in [0.5, 0.6) is 0 Å². The van der Waals surface area contributed by atoms with Gasteiger partial charge in [-0.2, -0.15) is 0 Å². The third kappa shape index (κ3) is 2.66. The topological polar surface area (TPSA) is 81.6 Å². The number of aryl methyl sites for hydroxylation is 1. The van der Waals surface area contributed by atoms with Crippen molar-refractivity contribution in [2.24, 2.45) is 5.92 Å². The van der Waals surface area contributed by atoms with Crippen LogP contribution < -0.4 is 0 Å². The zero-order valence-corrected chi connectivity index (χ0v) is 14.2. The number of hydrogen-bond acceptors (Lipinski definition) is 6. The highest BCUT2D eigenvalue weighted by atomic mass is 16.5. The summed E-state index contributed by atoms with van der Waals surface area (Å²) in [6.45, 7) is 3.20. The summed E-state index contributed by atoms with van der Waals surface area (Å²) >= 11 is 0. The maximum Gasteiger partial charge on any atom is 0.289 e. The number of aromatic nitrogens is 2. The number of hydrogen-bond donors (Lipinski definition) is 0. The summed E-state index contributed by atoms with van der Waals surface area (Å²) in [4.78, 5) is 14.5. The van der Waals surface area contributed by atoms with Crippen molar-refractivity contribution in [3.8, 4) is 0 Å². The Hall–Kier alpha value is -2.15. The molecule has 0 radical (unpaired) electrons. The molecule has 25 heavy (non-hydrogen) atoms. The number of carbonyl (C=O) groups excluding carboxylic acids is 1. The lowest BCUT2D eigenvalue weighted by atomic mass is 9.91. The van der Waals surface area contributed by atoms with Gasteiger partial charge < -0.3 is 18.5 Å². The number of furan rings is 1. The Morgan fingerprint density at radius 1 is 1.24 bits per heavy atom. The largest absolute Gasteiger partial charge is 0.459 e. The molecule has 1 amide bonds.